The monoisotopic (exact) mass is 147 g/mol. The topological polar surface area (TPSA) is 12.4 Å². The third-order valence-corrected chi connectivity index (χ3v) is 1.15. The van der Waals surface area contributed by atoms with Crippen molar-refractivity contribution in [3.8, 4) is 0 Å². The van der Waals surface area contributed by atoms with E-state index in [2.05, 4.69) is 10.7 Å². The van der Waals surface area contributed by atoms with Crippen LogP contribution in [0.2, 0.25) is 0 Å². The van der Waals surface area contributed by atoms with E-state index in [0.29, 0.717) is 16.6 Å². The Kier molecular flexibility index (Phi) is 1.74. The van der Waals surface area contributed by atoms with Gasteiger partial charge >= 0.3 is 0 Å². The highest BCUT2D eigenvalue weighted by Crippen LogP contribution is 2.12. The zero-order valence-electron chi connectivity index (χ0n) is 3.99. The molecule has 0 spiro atoms. The summed E-state index contributed by atoms with van der Waals surface area (Å²) in [6, 6.07) is 0. The normalized spacial score (nSPS) is 17.8. The fraction of sp³-hybridized carbons (Fsp3) is 0.200. The summed E-state index contributed by atoms with van der Waals surface area (Å²) < 4.78 is 0. The molecule has 0 aliphatic carbocycles. The van der Waals surface area contributed by atoms with Gasteiger partial charge in [0.25, 0.3) is 0 Å². The molecule has 1 heterocycles. The summed E-state index contributed by atoms with van der Waals surface area (Å²) in [5.41, 5.74) is 2.65. The van der Waals surface area contributed by atoms with E-state index in [0.717, 1.165) is 0 Å². The molecule has 8 heavy (non-hydrogen) atoms. The molecular formula is C5H3Cl2N. The van der Waals surface area contributed by atoms with Crippen molar-refractivity contribution in [1.29, 1.82) is 0 Å². The molecule has 0 aromatic rings. The number of aliphatic imine (C=N–C) groups is 1. The van der Waals surface area contributed by atoms with Crippen LogP contribution in [-0.4, -0.2) is 6.21 Å². The summed E-state index contributed by atoms with van der Waals surface area (Å²) in [5, 5.41) is 0.950. The minimum Gasteiger partial charge on any atom is -0.240 e. The molecule has 0 saturated carbocycles. The van der Waals surface area contributed by atoms with Crippen LogP contribution >= 0.6 is 23.2 Å². The van der Waals surface area contributed by atoms with Crippen molar-refractivity contribution in [2.45, 2.75) is 6.42 Å². The van der Waals surface area contributed by atoms with Crippen LogP contribution in [0.3, 0.4) is 0 Å². The zero-order chi connectivity index (χ0) is 5.98. The van der Waals surface area contributed by atoms with E-state index in [1.165, 1.54) is 0 Å². The van der Waals surface area contributed by atoms with Crippen molar-refractivity contribution >= 4 is 29.4 Å². The maximum absolute atomic E-state index is 5.52. The Labute approximate surface area is 57.3 Å². The van der Waals surface area contributed by atoms with Gasteiger partial charge in [-0.15, -0.1) is 0 Å². The van der Waals surface area contributed by atoms with Gasteiger partial charge in [0.05, 0.1) is 5.03 Å². The Hall–Kier alpha value is -0.230. The molecule has 0 radical (unpaired) electrons. The molecule has 3 heteroatoms. The fourth-order valence-electron chi connectivity index (χ4n) is 0.401. The summed E-state index contributed by atoms with van der Waals surface area (Å²) in [5.74, 6) is 0. The molecule has 0 N–H and O–H groups in total. The van der Waals surface area contributed by atoms with Gasteiger partial charge in [-0.05, 0) is 0 Å². The quantitative estimate of drug-likeness (QED) is 0.369. The summed E-state index contributed by atoms with van der Waals surface area (Å²) >= 11 is 10.9. The van der Waals surface area contributed by atoms with E-state index >= 15 is 0 Å². The maximum atomic E-state index is 5.52. The second kappa shape index (κ2) is 2.36. The smallest absolute Gasteiger partial charge is 0.172 e. The van der Waals surface area contributed by atoms with Crippen LogP contribution in [0.15, 0.2) is 20.9 Å². The van der Waals surface area contributed by atoms with Gasteiger partial charge in [-0.25, -0.2) is 4.99 Å². The van der Waals surface area contributed by atoms with Crippen molar-refractivity contribution in [3.63, 3.8) is 0 Å². The van der Waals surface area contributed by atoms with Crippen LogP contribution in [0.4, 0.5) is 0 Å². The van der Waals surface area contributed by atoms with Crippen molar-refractivity contribution in [2.24, 2.45) is 4.99 Å². The summed E-state index contributed by atoms with van der Waals surface area (Å²) in [7, 11) is 0. The van der Waals surface area contributed by atoms with Crippen molar-refractivity contribution < 1.29 is 0 Å². The average molecular weight is 148 g/mol. The van der Waals surface area contributed by atoms with E-state index < -0.39 is 0 Å². The third kappa shape index (κ3) is 1.38. The number of hydrogen-bond donors (Lipinski definition) is 0. The van der Waals surface area contributed by atoms with Crippen LogP contribution in [0, 0.1) is 0 Å². The average Bonchev–Trinajstić information content (AvgIpc) is 1.64. The maximum Gasteiger partial charge on any atom is 0.172 e. The van der Waals surface area contributed by atoms with Gasteiger partial charge in [-0.2, -0.15) is 0 Å². The van der Waals surface area contributed by atoms with Gasteiger partial charge < -0.3 is 0 Å². The van der Waals surface area contributed by atoms with Gasteiger partial charge in [0, 0.05) is 12.6 Å². The highest BCUT2D eigenvalue weighted by Gasteiger charge is 1.93. The first-order valence-corrected chi connectivity index (χ1v) is 2.88. The SMILES string of the molecule is ClC1=C=C(Cl)N=CC1. The van der Waals surface area contributed by atoms with E-state index in [1.54, 1.807) is 6.21 Å². The molecule has 0 fully saturated rings. The fourth-order valence-corrected chi connectivity index (χ4v) is 0.791. The lowest BCUT2D eigenvalue weighted by Crippen LogP contribution is -1.79. The third-order valence-electron chi connectivity index (χ3n) is 0.714. The number of halogens is 2. The first-order chi connectivity index (χ1) is 3.79. The van der Waals surface area contributed by atoms with E-state index in [4.69, 9.17) is 23.2 Å². The molecular weight excluding hydrogens is 145 g/mol. The number of nitrogens with zero attached hydrogens (tertiary/aromatic N) is 1. The predicted molar refractivity (Wildman–Crippen MR) is 35.4 cm³/mol. The minimum absolute atomic E-state index is 0.334. The Balaban J connectivity index is 2.98. The summed E-state index contributed by atoms with van der Waals surface area (Å²) in [6.45, 7) is 0. The molecule has 0 atom stereocenters. The Morgan fingerprint density at radius 1 is 1.62 bits per heavy atom. The first kappa shape index (κ1) is 5.90. The Bertz CT molecular complexity index is 187. The molecule has 0 aromatic carbocycles. The number of rotatable bonds is 0. The molecule has 1 nitrogen and oxygen atoms in total. The zero-order valence-corrected chi connectivity index (χ0v) is 5.50. The number of allylic oxidation sites excluding steroid dienone is 1. The first-order valence-electron chi connectivity index (χ1n) is 2.12. The minimum atomic E-state index is 0.334. The summed E-state index contributed by atoms with van der Waals surface area (Å²) in [6.07, 6.45) is 2.30. The van der Waals surface area contributed by atoms with Crippen LogP contribution in [0.25, 0.3) is 0 Å². The Morgan fingerprint density at radius 2 is 2.38 bits per heavy atom. The van der Waals surface area contributed by atoms with Crippen LogP contribution in [0.5, 0.6) is 0 Å². The van der Waals surface area contributed by atoms with Crippen LogP contribution in [-0.2, 0) is 0 Å². The van der Waals surface area contributed by atoms with E-state index in [1.807, 2.05) is 0 Å². The predicted octanol–water partition coefficient (Wildman–Crippen LogP) is 2.26. The van der Waals surface area contributed by atoms with Gasteiger partial charge in [0.15, 0.2) is 5.16 Å². The molecule has 0 saturated heterocycles. The van der Waals surface area contributed by atoms with Crippen molar-refractivity contribution in [2.75, 3.05) is 0 Å². The standard InChI is InChI=1S/C5H3Cl2N/c6-4-1-2-8-5(7)3-4/h2H,1H2. The Morgan fingerprint density at radius 3 is 2.75 bits per heavy atom. The van der Waals surface area contributed by atoms with Gasteiger partial charge in [0.2, 0.25) is 0 Å². The molecule has 1 aliphatic heterocycles. The van der Waals surface area contributed by atoms with E-state index in [9.17, 15) is 0 Å². The van der Waals surface area contributed by atoms with Gasteiger partial charge in [0.1, 0.15) is 0 Å². The van der Waals surface area contributed by atoms with Crippen molar-refractivity contribution in [3.05, 3.63) is 15.9 Å². The van der Waals surface area contributed by atoms with Gasteiger partial charge in [-0.1, -0.05) is 28.9 Å². The lowest BCUT2D eigenvalue weighted by atomic mass is 10.4. The highest BCUT2D eigenvalue weighted by atomic mass is 35.5. The molecule has 0 amide bonds. The molecule has 0 aromatic heterocycles. The molecule has 42 valence electrons. The highest BCUT2D eigenvalue weighted by molar-refractivity contribution is 6.33. The number of hydrogen-bond acceptors (Lipinski definition) is 1. The molecule has 1 rings (SSSR count). The van der Waals surface area contributed by atoms with Gasteiger partial charge in [-0.3, -0.25) is 0 Å². The summed E-state index contributed by atoms with van der Waals surface area (Å²) in [4.78, 5) is 3.72. The van der Waals surface area contributed by atoms with Crippen LogP contribution in [0.1, 0.15) is 6.42 Å². The second-order valence-electron chi connectivity index (χ2n) is 1.34. The largest absolute Gasteiger partial charge is 0.240 e. The molecule has 1 aliphatic rings. The second-order valence-corrected chi connectivity index (χ2v) is 2.15. The van der Waals surface area contributed by atoms with E-state index in [-0.39, 0.29) is 0 Å². The lowest BCUT2D eigenvalue weighted by Gasteiger charge is -1.91. The lowest BCUT2D eigenvalue weighted by molar-refractivity contribution is 1.37. The molecule has 0 unspecified atom stereocenters. The molecule has 0 bridgehead atoms. The van der Waals surface area contributed by atoms with Crippen molar-refractivity contribution in [1.82, 2.24) is 0 Å². The van der Waals surface area contributed by atoms with Crippen LogP contribution < -0.4 is 0 Å².